The minimum absolute atomic E-state index is 0.0759. The van der Waals surface area contributed by atoms with Crippen LogP contribution in [0.3, 0.4) is 0 Å². The van der Waals surface area contributed by atoms with Crippen LogP contribution in [0.2, 0.25) is 10.0 Å². The molecule has 0 aromatic heterocycles. The summed E-state index contributed by atoms with van der Waals surface area (Å²) in [5, 5.41) is 4.03. The third-order valence-electron chi connectivity index (χ3n) is 5.96. The fourth-order valence-electron chi connectivity index (χ4n) is 4.40. The molecule has 0 spiro atoms. The number of hydrogen-bond acceptors (Lipinski definition) is 3. The van der Waals surface area contributed by atoms with Crippen molar-refractivity contribution < 1.29 is 9.59 Å². The van der Waals surface area contributed by atoms with Gasteiger partial charge in [-0.05, 0) is 42.9 Å². The molecule has 2 aliphatic rings. The van der Waals surface area contributed by atoms with Gasteiger partial charge >= 0.3 is 0 Å². The SMILES string of the molecule is CC(C)CNC(=O)C(C1CCCC1)N1CCN(C(=O)c2ccc(Cl)cc2Cl)CC1. The van der Waals surface area contributed by atoms with Gasteiger partial charge in [0.05, 0.1) is 16.6 Å². The first-order valence-electron chi connectivity index (χ1n) is 10.6. The lowest BCUT2D eigenvalue weighted by Crippen LogP contribution is -2.58. The summed E-state index contributed by atoms with van der Waals surface area (Å²) in [7, 11) is 0. The van der Waals surface area contributed by atoms with Crippen LogP contribution < -0.4 is 5.32 Å². The molecule has 3 rings (SSSR count). The maximum Gasteiger partial charge on any atom is 0.255 e. The predicted octanol–water partition coefficient (Wildman–Crippen LogP) is 4.08. The number of piperazine rings is 1. The van der Waals surface area contributed by atoms with Gasteiger partial charge in [-0.2, -0.15) is 0 Å². The van der Waals surface area contributed by atoms with Gasteiger partial charge in [0.25, 0.3) is 5.91 Å². The number of halogens is 2. The van der Waals surface area contributed by atoms with E-state index in [0.717, 1.165) is 12.8 Å². The van der Waals surface area contributed by atoms with Gasteiger partial charge in [-0.3, -0.25) is 14.5 Å². The summed E-state index contributed by atoms with van der Waals surface area (Å²) in [5.41, 5.74) is 0.478. The van der Waals surface area contributed by atoms with Gasteiger partial charge in [0.15, 0.2) is 0 Å². The van der Waals surface area contributed by atoms with E-state index in [1.807, 2.05) is 4.90 Å². The minimum Gasteiger partial charge on any atom is -0.354 e. The molecule has 1 unspecified atom stereocenters. The molecule has 1 N–H and O–H groups in total. The van der Waals surface area contributed by atoms with Gasteiger partial charge in [0.2, 0.25) is 5.91 Å². The Morgan fingerprint density at radius 2 is 1.76 bits per heavy atom. The maximum absolute atomic E-state index is 13.0. The van der Waals surface area contributed by atoms with Crippen LogP contribution in [0.4, 0.5) is 0 Å². The van der Waals surface area contributed by atoms with Gasteiger partial charge in [-0.1, -0.05) is 49.9 Å². The summed E-state index contributed by atoms with van der Waals surface area (Å²) in [6.07, 6.45) is 4.62. The zero-order valence-electron chi connectivity index (χ0n) is 17.3. The van der Waals surface area contributed by atoms with Crippen molar-refractivity contribution in [1.29, 1.82) is 0 Å². The maximum atomic E-state index is 13.0. The van der Waals surface area contributed by atoms with Crippen LogP contribution in [0.15, 0.2) is 18.2 Å². The highest BCUT2D eigenvalue weighted by atomic mass is 35.5. The molecule has 0 radical (unpaired) electrons. The van der Waals surface area contributed by atoms with Crippen LogP contribution in [0.5, 0.6) is 0 Å². The first-order chi connectivity index (χ1) is 13.9. The zero-order chi connectivity index (χ0) is 21.0. The number of rotatable bonds is 6. The van der Waals surface area contributed by atoms with E-state index in [-0.39, 0.29) is 17.9 Å². The highest BCUT2D eigenvalue weighted by molar-refractivity contribution is 6.36. The summed E-state index contributed by atoms with van der Waals surface area (Å²) < 4.78 is 0. The van der Waals surface area contributed by atoms with Crippen LogP contribution >= 0.6 is 23.2 Å². The van der Waals surface area contributed by atoms with E-state index in [4.69, 9.17) is 23.2 Å². The van der Waals surface area contributed by atoms with Crippen LogP contribution in [-0.4, -0.2) is 60.4 Å². The van der Waals surface area contributed by atoms with Crippen molar-refractivity contribution in [3.05, 3.63) is 33.8 Å². The number of nitrogens with one attached hydrogen (secondary N) is 1. The number of carbonyl (C=O) groups is 2. The van der Waals surface area contributed by atoms with Crippen LogP contribution in [0.1, 0.15) is 49.9 Å². The summed E-state index contributed by atoms with van der Waals surface area (Å²) in [5.74, 6) is 0.913. The van der Waals surface area contributed by atoms with Crippen molar-refractivity contribution in [2.24, 2.45) is 11.8 Å². The fourth-order valence-corrected chi connectivity index (χ4v) is 4.89. The van der Waals surface area contributed by atoms with Crippen molar-refractivity contribution in [1.82, 2.24) is 15.1 Å². The lowest BCUT2D eigenvalue weighted by molar-refractivity contribution is -0.129. The third kappa shape index (κ3) is 5.65. The molecule has 160 valence electrons. The Morgan fingerprint density at radius 3 is 2.34 bits per heavy atom. The van der Waals surface area contributed by atoms with Crippen molar-refractivity contribution in [3.8, 4) is 0 Å². The van der Waals surface area contributed by atoms with E-state index in [1.54, 1.807) is 18.2 Å². The lowest BCUT2D eigenvalue weighted by atomic mass is 9.94. The second-order valence-electron chi connectivity index (χ2n) is 8.58. The number of amides is 2. The Balaban J connectivity index is 1.64. The fraction of sp³-hybridized carbons (Fsp3) is 0.636. The monoisotopic (exact) mass is 439 g/mol. The molecule has 0 bridgehead atoms. The van der Waals surface area contributed by atoms with Gasteiger partial charge in [0, 0.05) is 37.7 Å². The Bertz CT molecular complexity index is 727. The Hall–Kier alpha value is -1.30. The normalized spacial score (nSPS) is 19.6. The summed E-state index contributed by atoms with van der Waals surface area (Å²) in [4.78, 5) is 30.0. The molecule has 2 amide bonds. The number of hydrogen-bond donors (Lipinski definition) is 1. The largest absolute Gasteiger partial charge is 0.354 e. The van der Waals surface area contributed by atoms with E-state index < -0.39 is 0 Å². The molecule has 1 heterocycles. The molecule has 1 atom stereocenters. The van der Waals surface area contributed by atoms with E-state index in [1.165, 1.54) is 12.8 Å². The Morgan fingerprint density at radius 1 is 1.10 bits per heavy atom. The second-order valence-corrected chi connectivity index (χ2v) is 9.42. The van der Waals surface area contributed by atoms with Crippen LogP contribution in [0, 0.1) is 11.8 Å². The third-order valence-corrected chi connectivity index (χ3v) is 6.50. The van der Waals surface area contributed by atoms with Crippen molar-refractivity contribution in [3.63, 3.8) is 0 Å². The van der Waals surface area contributed by atoms with Gasteiger partial charge in [-0.25, -0.2) is 0 Å². The zero-order valence-corrected chi connectivity index (χ0v) is 18.8. The average molecular weight is 440 g/mol. The molecule has 1 saturated heterocycles. The molecular formula is C22H31Cl2N3O2. The van der Waals surface area contributed by atoms with Gasteiger partial charge < -0.3 is 10.2 Å². The minimum atomic E-state index is -0.0902. The standard InChI is InChI=1S/C22H31Cl2N3O2/c1-15(2)14-25-21(28)20(16-5-3-4-6-16)26-9-11-27(12-10-26)22(29)18-8-7-17(23)13-19(18)24/h7-8,13,15-16,20H,3-6,9-12,14H2,1-2H3,(H,25,28). The Labute approximate surface area is 183 Å². The number of benzene rings is 1. The van der Waals surface area contributed by atoms with E-state index in [9.17, 15) is 9.59 Å². The van der Waals surface area contributed by atoms with Crippen molar-refractivity contribution in [2.75, 3.05) is 32.7 Å². The molecule has 1 aromatic rings. The molecule has 1 aromatic carbocycles. The number of carbonyl (C=O) groups excluding carboxylic acids is 2. The molecule has 1 aliphatic heterocycles. The van der Waals surface area contributed by atoms with Crippen LogP contribution in [-0.2, 0) is 4.79 Å². The quantitative estimate of drug-likeness (QED) is 0.725. The molecule has 7 heteroatoms. The van der Waals surface area contributed by atoms with Gasteiger partial charge in [0.1, 0.15) is 0 Å². The topological polar surface area (TPSA) is 52.7 Å². The summed E-state index contributed by atoms with van der Waals surface area (Å²) in [6.45, 7) is 7.52. The summed E-state index contributed by atoms with van der Waals surface area (Å²) >= 11 is 12.2. The van der Waals surface area contributed by atoms with Crippen molar-refractivity contribution in [2.45, 2.75) is 45.6 Å². The second kappa shape index (κ2) is 10.1. The molecule has 29 heavy (non-hydrogen) atoms. The molecule has 2 fully saturated rings. The summed E-state index contributed by atoms with van der Waals surface area (Å²) in [6, 6.07) is 4.88. The molecule has 1 saturated carbocycles. The molecule has 5 nitrogen and oxygen atoms in total. The van der Waals surface area contributed by atoms with Crippen molar-refractivity contribution >= 4 is 35.0 Å². The smallest absolute Gasteiger partial charge is 0.255 e. The van der Waals surface area contributed by atoms with Gasteiger partial charge in [-0.15, -0.1) is 0 Å². The van der Waals surface area contributed by atoms with Crippen LogP contribution in [0.25, 0.3) is 0 Å². The van der Waals surface area contributed by atoms with E-state index >= 15 is 0 Å². The lowest BCUT2D eigenvalue weighted by Gasteiger charge is -2.41. The Kier molecular flexibility index (Phi) is 7.83. The van der Waals surface area contributed by atoms with E-state index in [0.29, 0.717) is 60.2 Å². The highest BCUT2D eigenvalue weighted by Crippen LogP contribution is 2.31. The number of nitrogens with zero attached hydrogens (tertiary/aromatic N) is 2. The molecule has 1 aliphatic carbocycles. The first-order valence-corrected chi connectivity index (χ1v) is 11.4. The first kappa shape index (κ1) is 22.4. The molecular weight excluding hydrogens is 409 g/mol. The average Bonchev–Trinajstić information content (AvgIpc) is 3.21. The van der Waals surface area contributed by atoms with E-state index in [2.05, 4.69) is 24.1 Å². The highest BCUT2D eigenvalue weighted by Gasteiger charge is 2.37. The predicted molar refractivity (Wildman–Crippen MR) is 118 cm³/mol.